The molecule has 160 valence electrons. The third kappa shape index (κ3) is 6.24. The van der Waals surface area contributed by atoms with Crippen molar-refractivity contribution in [3.05, 3.63) is 59.7 Å². The molecule has 0 saturated heterocycles. The van der Waals surface area contributed by atoms with E-state index in [2.05, 4.69) is 10.6 Å². The quantitative estimate of drug-likeness (QED) is 0.700. The molecule has 2 aromatic rings. The molecule has 0 radical (unpaired) electrons. The van der Waals surface area contributed by atoms with Gasteiger partial charge in [0.2, 0.25) is 0 Å². The Morgan fingerprint density at radius 3 is 1.57 bits per heavy atom. The lowest BCUT2D eigenvalue weighted by molar-refractivity contribution is -0.127. The van der Waals surface area contributed by atoms with Gasteiger partial charge in [-0.2, -0.15) is 0 Å². The summed E-state index contributed by atoms with van der Waals surface area (Å²) in [5, 5.41) is 6.05. The van der Waals surface area contributed by atoms with Gasteiger partial charge in [0.1, 0.15) is 11.5 Å². The molecule has 2 unspecified atom stereocenters. The molecule has 30 heavy (non-hydrogen) atoms. The zero-order valence-corrected chi connectivity index (χ0v) is 17.6. The van der Waals surface area contributed by atoms with Crippen molar-refractivity contribution < 1.29 is 19.1 Å². The van der Waals surface area contributed by atoms with Crippen molar-refractivity contribution in [2.45, 2.75) is 51.6 Å². The molecule has 1 saturated carbocycles. The fraction of sp³-hybridized carbons (Fsp3) is 0.417. The standard InChI is InChI=1S/C24H30N2O4/c1-17-9-3-7-13-21(17)29-15-23(27)25-19-11-5-6-12-20(19)26-24(28)16-30-22-14-8-4-10-18(22)2/h3-4,7-10,13-14,19-20H,5-6,11-12,15-16H2,1-2H3,(H,25,27)(H,26,28). The van der Waals surface area contributed by atoms with Gasteiger partial charge in [0.25, 0.3) is 11.8 Å². The Morgan fingerprint density at radius 2 is 1.17 bits per heavy atom. The minimum absolute atomic E-state index is 0.0432. The molecule has 2 atom stereocenters. The van der Waals surface area contributed by atoms with Crippen LogP contribution in [0.1, 0.15) is 36.8 Å². The lowest BCUT2D eigenvalue weighted by Gasteiger charge is -2.32. The van der Waals surface area contributed by atoms with E-state index in [1.807, 2.05) is 62.4 Å². The maximum absolute atomic E-state index is 12.4. The fourth-order valence-corrected chi connectivity index (χ4v) is 3.70. The fourth-order valence-electron chi connectivity index (χ4n) is 3.70. The maximum atomic E-state index is 12.4. The van der Waals surface area contributed by atoms with Crippen LogP contribution in [0.5, 0.6) is 11.5 Å². The number of hydrogen-bond donors (Lipinski definition) is 2. The third-order valence-electron chi connectivity index (χ3n) is 5.36. The second-order valence-electron chi connectivity index (χ2n) is 7.74. The Balaban J connectivity index is 1.48. The molecule has 2 N–H and O–H groups in total. The van der Waals surface area contributed by atoms with Crippen LogP contribution in [0.2, 0.25) is 0 Å². The Bertz CT molecular complexity index is 796. The Labute approximate surface area is 178 Å². The van der Waals surface area contributed by atoms with Gasteiger partial charge in [0, 0.05) is 12.1 Å². The van der Waals surface area contributed by atoms with E-state index >= 15 is 0 Å². The van der Waals surface area contributed by atoms with E-state index in [4.69, 9.17) is 9.47 Å². The van der Waals surface area contributed by atoms with E-state index in [9.17, 15) is 9.59 Å². The molecular formula is C24H30N2O4. The average Bonchev–Trinajstić information content (AvgIpc) is 2.74. The van der Waals surface area contributed by atoms with E-state index < -0.39 is 0 Å². The van der Waals surface area contributed by atoms with Gasteiger partial charge in [-0.3, -0.25) is 9.59 Å². The predicted octanol–water partition coefficient (Wildman–Crippen LogP) is 3.30. The first-order valence-electron chi connectivity index (χ1n) is 10.5. The highest BCUT2D eigenvalue weighted by Gasteiger charge is 2.28. The third-order valence-corrected chi connectivity index (χ3v) is 5.36. The molecule has 2 aromatic carbocycles. The molecule has 2 amide bonds. The molecule has 1 aliphatic carbocycles. The molecule has 1 aliphatic rings. The first-order chi connectivity index (χ1) is 14.5. The molecule has 6 heteroatoms. The van der Waals surface area contributed by atoms with Gasteiger partial charge in [-0.05, 0) is 49.9 Å². The zero-order valence-electron chi connectivity index (χ0n) is 17.6. The van der Waals surface area contributed by atoms with Gasteiger partial charge in [-0.15, -0.1) is 0 Å². The van der Waals surface area contributed by atoms with Crippen LogP contribution in [0.25, 0.3) is 0 Å². The minimum atomic E-state index is -0.180. The van der Waals surface area contributed by atoms with Crippen LogP contribution in [-0.2, 0) is 9.59 Å². The van der Waals surface area contributed by atoms with Crippen LogP contribution in [0.3, 0.4) is 0 Å². The molecule has 0 heterocycles. The van der Waals surface area contributed by atoms with Gasteiger partial charge >= 0.3 is 0 Å². The van der Waals surface area contributed by atoms with Crippen molar-refractivity contribution >= 4 is 11.8 Å². The summed E-state index contributed by atoms with van der Waals surface area (Å²) in [7, 11) is 0. The summed E-state index contributed by atoms with van der Waals surface area (Å²) >= 11 is 0. The summed E-state index contributed by atoms with van der Waals surface area (Å²) in [6.45, 7) is 3.80. The van der Waals surface area contributed by atoms with Crippen molar-refractivity contribution in [3.63, 3.8) is 0 Å². The molecule has 0 aliphatic heterocycles. The molecule has 3 rings (SSSR count). The Morgan fingerprint density at radius 1 is 0.767 bits per heavy atom. The van der Waals surface area contributed by atoms with E-state index in [1.165, 1.54) is 0 Å². The highest BCUT2D eigenvalue weighted by atomic mass is 16.5. The van der Waals surface area contributed by atoms with Crippen molar-refractivity contribution in [1.82, 2.24) is 10.6 Å². The Kier molecular flexibility index (Phi) is 7.71. The van der Waals surface area contributed by atoms with Crippen molar-refractivity contribution in [3.8, 4) is 11.5 Å². The van der Waals surface area contributed by atoms with Crippen molar-refractivity contribution in [1.29, 1.82) is 0 Å². The Hall–Kier alpha value is -3.02. The summed E-state index contributed by atoms with van der Waals surface area (Å²) in [6.07, 6.45) is 3.71. The van der Waals surface area contributed by atoms with Gasteiger partial charge in [0.05, 0.1) is 0 Å². The molecule has 0 aromatic heterocycles. The van der Waals surface area contributed by atoms with Crippen LogP contribution < -0.4 is 20.1 Å². The number of carbonyl (C=O) groups excluding carboxylic acids is 2. The van der Waals surface area contributed by atoms with Gasteiger partial charge < -0.3 is 20.1 Å². The van der Waals surface area contributed by atoms with E-state index in [-0.39, 0.29) is 37.1 Å². The van der Waals surface area contributed by atoms with Crippen molar-refractivity contribution in [2.24, 2.45) is 0 Å². The van der Waals surface area contributed by atoms with E-state index in [0.717, 1.165) is 36.8 Å². The van der Waals surface area contributed by atoms with Crippen molar-refractivity contribution in [2.75, 3.05) is 13.2 Å². The molecule has 6 nitrogen and oxygen atoms in total. The lowest BCUT2D eigenvalue weighted by Crippen LogP contribution is -2.54. The monoisotopic (exact) mass is 410 g/mol. The summed E-state index contributed by atoms with van der Waals surface area (Å²) in [5.74, 6) is 1.05. The first kappa shape index (κ1) is 21.7. The molecule has 0 spiro atoms. The normalized spacial score (nSPS) is 18.3. The van der Waals surface area contributed by atoms with Crippen LogP contribution in [0, 0.1) is 13.8 Å². The molecule has 1 fully saturated rings. The SMILES string of the molecule is Cc1ccccc1OCC(=O)NC1CCCCC1NC(=O)COc1ccccc1C. The number of benzene rings is 2. The zero-order chi connectivity index (χ0) is 21.3. The summed E-state index contributed by atoms with van der Waals surface area (Å²) in [5.41, 5.74) is 1.98. The highest BCUT2D eigenvalue weighted by molar-refractivity contribution is 5.79. The van der Waals surface area contributed by atoms with E-state index in [1.54, 1.807) is 0 Å². The number of nitrogens with one attached hydrogen (secondary N) is 2. The number of aryl methyl sites for hydroxylation is 2. The maximum Gasteiger partial charge on any atom is 0.258 e. The number of hydrogen-bond acceptors (Lipinski definition) is 4. The lowest BCUT2D eigenvalue weighted by atomic mass is 9.90. The number of rotatable bonds is 8. The summed E-state index contributed by atoms with van der Waals surface area (Å²) < 4.78 is 11.3. The van der Waals surface area contributed by atoms with Crippen LogP contribution >= 0.6 is 0 Å². The molecular weight excluding hydrogens is 380 g/mol. The van der Waals surface area contributed by atoms with Crippen LogP contribution in [0.15, 0.2) is 48.5 Å². The van der Waals surface area contributed by atoms with Gasteiger partial charge in [0.15, 0.2) is 13.2 Å². The number of ether oxygens (including phenoxy) is 2. The first-order valence-corrected chi connectivity index (χ1v) is 10.5. The summed E-state index contributed by atoms with van der Waals surface area (Å²) in [6, 6.07) is 15.0. The predicted molar refractivity (Wildman–Crippen MR) is 116 cm³/mol. The highest BCUT2D eigenvalue weighted by Crippen LogP contribution is 2.20. The molecule has 0 bridgehead atoms. The second kappa shape index (κ2) is 10.7. The van der Waals surface area contributed by atoms with E-state index in [0.29, 0.717) is 11.5 Å². The van der Waals surface area contributed by atoms with Gasteiger partial charge in [-0.25, -0.2) is 0 Å². The minimum Gasteiger partial charge on any atom is -0.484 e. The number of amides is 2. The number of para-hydroxylation sites is 2. The largest absolute Gasteiger partial charge is 0.484 e. The van der Waals surface area contributed by atoms with Crippen LogP contribution in [0.4, 0.5) is 0 Å². The summed E-state index contributed by atoms with van der Waals surface area (Å²) in [4.78, 5) is 24.8. The van der Waals surface area contributed by atoms with Crippen LogP contribution in [-0.4, -0.2) is 37.1 Å². The second-order valence-corrected chi connectivity index (χ2v) is 7.74. The smallest absolute Gasteiger partial charge is 0.258 e. The number of carbonyl (C=O) groups is 2. The average molecular weight is 411 g/mol. The van der Waals surface area contributed by atoms with Gasteiger partial charge in [-0.1, -0.05) is 49.2 Å². The topological polar surface area (TPSA) is 76.7 Å².